The third-order valence-electron chi connectivity index (χ3n) is 5.61. The fourth-order valence-corrected chi connectivity index (χ4v) is 3.48. The number of carbonyl (C=O) groups is 5. The zero-order valence-corrected chi connectivity index (χ0v) is 27.3. The van der Waals surface area contributed by atoms with Gasteiger partial charge in [0.15, 0.2) is 6.61 Å². The summed E-state index contributed by atoms with van der Waals surface area (Å²) < 4.78 is 36.9. The number of nitrogens with one attached hydrogen (secondary N) is 2. The third-order valence-corrected chi connectivity index (χ3v) is 5.61. The average Bonchev–Trinajstić information content (AvgIpc) is 3.08. The molecule has 0 saturated carbocycles. The zero-order chi connectivity index (χ0) is 36.3. The van der Waals surface area contributed by atoms with Gasteiger partial charge in [-0.25, -0.2) is 24.0 Å². The van der Waals surface area contributed by atoms with Crippen molar-refractivity contribution < 1.29 is 62.2 Å². The Labute approximate surface area is 284 Å². The van der Waals surface area contributed by atoms with E-state index in [-0.39, 0.29) is 96.2 Å². The zero-order valence-electron chi connectivity index (χ0n) is 27.3. The maximum Gasteiger partial charge on any atom is 0.410 e. The molecule has 0 spiro atoms. The largest absolute Gasteiger partial charge is 0.491 e. The number of benzene rings is 1. The van der Waals surface area contributed by atoms with Crippen molar-refractivity contribution in [3.8, 4) is 17.2 Å². The predicted octanol–water partition coefficient (Wildman–Crippen LogP) is 2.98. The number of carboxylic acid groups (broad SMARTS) is 1. The molecule has 1 rings (SSSR count). The first-order valence-electron chi connectivity index (χ1n) is 15.0. The number of hydrogen-bond donors (Lipinski definition) is 3. The molecule has 0 saturated heterocycles. The highest BCUT2D eigenvalue weighted by Crippen LogP contribution is 2.28. The van der Waals surface area contributed by atoms with Gasteiger partial charge in [0.2, 0.25) is 0 Å². The molecule has 17 nitrogen and oxygen atoms in total. The van der Waals surface area contributed by atoms with Crippen molar-refractivity contribution in [2.24, 2.45) is 0 Å². The molecule has 0 unspecified atom stereocenters. The van der Waals surface area contributed by atoms with Crippen LogP contribution < -0.4 is 24.8 Å². The lowest BCUT2D eigenvalue weighted by molar-refractivity contribution is -0.139. The lowest BCUT2D eigenvalue weighted by Crippen LogP contribution is -2.41. The van der Waals surface area contributed by atoms with Gasteiger partial charge < -0.3 is 58.7 Å². The highest BCUT2D eigenvalue weighted by atomic mass is 16.6. The second-order valence-corrected chi connectivity index (χ2v) is 9.35. The van der Waals surface area contributed by atoms with Gasteiger partial charge in [-0.2, -0.15) is 0 Å². The minimum absolute atomic E-state index is 0.0262. The van der Waals surface area contributed by atoms with Gasteiger partial charge in [0.05, 0.1) is 13.1 Å². The SMILES string of the molecule is C=CCOC(=O)NCCN(CCOc1cc(OCCN(CCNC(=O)OCC=C)C(=O)OCC=C)cc(OCC(=O)O)c1)C(=O)OCC=C. The second-order valence-electron chi connectivity index (χ2n) is 9.35. The first kappa shape index (κ1) is 41.2. The van der Waals surface area contributed by atoms with Crippen molar-refractivity contribution in [2.75, 3.05) is 85.5 Å². The lowest BCUT2D eigenvalue weighted by Gasteiger charge is -2.23. The summed E-state index contributed by atoms with van der Waals surface area (Å²) in [4.78, 5) is 62.2. The molecule has 0 aliphatic rings. The summed E-state index contributed by atoms with van der Waals surface area (Å²) >= 11 is 0. The molecule has 0 atom stereocenters. The van der Waals surface area contributed by atoms with Gasteiger partial charge in [0.1, 0.15) is 56.9 Å². The van der Waals surface area contributed by atoms with Crippen LogP contribution in [0, 0.1) is 0 Å². The van der Waals surface area contributed by atoms with E-state index in [0.29, 0.717) is 0 Å². The summed E-state index contributed by atoms with van der Waals surface area (Å²) in [6.07, 6.45) is 2.93. The fourth-order valence-electron chi connectivity index (χ4n) is 3.48. The number of aliphatic carboxylic acids is 1. The van der Waals surface area contributed by atoms with Crippen LogP contribution >= 0.6 is 0 Å². The summed E-state index contributed by atoms with van der Waals surface area (Å²) in [7, 11) is 0. The fraction of sp³-hybridized carbons (Fsp3) is 0.406. The van der Waals surface area contributed by atoms with Crippen molar-refractivity contribution >= 4 is 30.3 Å². The molecule has 0 radical (unpaired) electrons. The molecule has 1 aromatic rings. The molecule has 4 amide bonds. The van der Waals surface area contributed by atoms with E-state index in [1.54, 1.807) is 0 Å². The molecular weight excluding hydrogens is 648 g/mol. The Hall–Kier alpha value is -5.87. The Bertz CT molecular complexity index is 1180. The van der Waals surface area contributed by atoms with Crippen LogP contribution in [0.4, 0.5) is 19.2 Å². The van der Waals surface area contributed by atoms with Crippen LogP contribution in [0.2, 0.25) is 0 Å². The van der Waals surface area contributed by atoms with E-state index in [2.05, 4.69) is 36.9 Å². The van der Waals surface area contributed by atoms with Gasteiger partial charge >= 0.3 is 30.3 Å². The molecule has 0 aliphatic carbocycles. The number of hydrogen-bond acceptors (Lipinski definition) is 12. The van der Waals surface area contributed by atoms with E-state index in [1.165, 1.54) is 52.3 Å². The average molecular weight is 693 g/mol. The van der Waals surface area contributed by atoms with E-state index in [9.17, 15) is 24.0 Å². The van der Waals surface area contributed by atoms with Crippen LogP contribution in [0.5, 0.6) is 17.2 Å². The van der Waals surface area contributed by atoms with E-state index in [0.717, 1.165) is 0 Å². The maximum atomic E-state index is 12.5. The van der Waals surface area contributed by atoms with Gasteiger partial charge in [0, 0.05) is 44.4 Å². The number of ether oxygens (including phenoxy) is 7. The molecule has 1 aromatic carbocycles. The first-order chi connectivity index (χ1) is 23.6. The third kappa shape index (κ3) is 19.4. The Morgan fingerprint density at radius 3 is 1.33 bits per heavy atom. The van der Waals surface area contributed by atoms with Crippen LogP contribution in [0.1, 0.15) is 0 Å². The molecule has 270 valence electrons. The highest BCUT2D eigenvalue weighted by Gasteiger charge is 2.17. The standard InChI is InChI=1S/C32H44N4O13/c1-5-15-45-29(39)33-9-11-35(31(41)47-17-7-3)13-19-43-25-21-26(23-27(22-25)49-24-28(37)38)44-20-14-36(32(42)48-18-8-4)12-10-34-30(40)46-16-6-2/h5-8,21-23H,1-4,9-20,24H2,(H,33,39)(H,34,40)(H,37,38). The minimum atomic E-state index is -1.21. The van der Waals surface area contributed by atoms with E-state index in [1.807, 2.05) is 0 Å². The molecule has 0 fully saturated rings. The lowest BCUT2D eigenvalue weighted by atomic mass is 10.3. The predicted molar refractivity (Wildman–Crippen MR) is 176 cm³/mol. The Morgan fingerprint density at radius 2 is 0.959 bits per heavy atom. The van der Waals surface area contributed by atoms with Crippen LogP contribution in [0.25, 0.3) is 0 Å². The number of carbonyl (C=O) groups excluding carboxylic acids is 4. The quantitative estimate of drug-likeness (QED) is 0.0999. The Kier molecular flexibility index (Phi) is 21.2. The van der Waals surface area contributed by atoms with Crippen molar-refractivity contribution in [1.29, 1.82) is 0 Å². The molecular formula is C32H44N4O13. The van der Waals surface area contributed by atoms with Gasteiger partial charge in [-0.1, -0.05) is 50.6 Å². The highest BCUT2D eigenvalue weighted by molar-refractivity contribution is 5.70. The molecule has 49 heavy (non-hydrogen) atoms. The maximum absolute atomic E-state index is 12.5. The molecule has 0 bridgehead atoms. The van der Waals surface area contributed by atoms with Crippen LogP contribution in [0.15, 0.2) is 68.8 Å². The van der Waals surface area contributed by atoms with E-state index >= 15 is 0 Å². The van der Waals surface area contributed by atoms with Crippen LogP contribution in [-0.4, -0.2) is 131 Å². The number of carboxylic acids is 1. The number of nitrogens with zero attached hydrogens (tertiary/aromatic N) is 2. The molecule has 3 N–H and O–H groups in total. The van der Waals surface area contributed by atoms with Gasteiger partial charge in [-0.3, -0.25) is 0 Å². The Morgan fingerprint density at radius 1 is 0.592 bits per heavy atom. The topological polar surface area (TPSA) is 201 Å². The van der Waals surface area contributed by atoms with Crippen LogP contribution in [-0.2, 0) is 23.7 Å². The van der Waals surface area contributed by atoms with Crippen molar-refractivity contribution in [2.45, 2.75) is 0 Å². The number of alkyl carbamates (subject to hydrolysis) is 2. The summed E-state index contributed by atoms with van der Waals surface area (Å²) in [5.74, 6) is -0.662. The van der Waals surface area contributed by atoms with Crippen molar-refractivity contribution in [3.05, 3.63) is 68.8 Å². The van der Waals surface area contributed by atoms with E-state index in [4.69, 9.17) is 38.3 Å². The molecule has 0 aromatic heterocycles. The van der Waals surface area contributed by atoms with Gasteiger partial charge in [-0.05, 0) is 0 Å². The summed E-state index contributed by atoms with van der Waals surface area (Å²) in [5, 5.41) is 14.1. The second kappa shape index (κ2) is 25.2. The van der Waals surface area contributed by atoms with Gasteiger partial charge in [-0.15, -0.1) is 0 Å². The summed E-state index contributed by atoms with van der Waals surface area (Å²) in [6.45, 7) is 13.5. The minimum Gasteiger partial charge on any atom is -0.491 e. The van der Waals surface area contributed by atoms with Crippen molar-refractivity contribution in [1.82, 2.24) is 20.4 Å². The molecule has 0 heterocycles. The van der Waals surface area contributed by atoms with Crippen molar-refractivity contribution in [3.63, 3.8) is 0 Å². The normalized spacial score (nSPS) is 9.88. The molecule has 17 heteroatoms. The van der Waals surface area contributed by atoms with Gasteiger partial charge in [0.25, 0.3) is 0 Å². The Balaban J connectivity index is 2.93. The molecule has 0 aliphatic heterocycles. The summed E-state index contributed by atoms with van der Waals surface area (Å²) in [6, 6.07) is 4.37. The van der Waals surface area contributed by atoms with E-state index < -0.39 is 36.9 Å². The smallest absolute Gasteiger partial charge is 0.410 e. The summed E-state index contributed by atoms with van der Waals surface area (Å²) in [5.41, 5.74) is 0. The number of rotatable bonds is 25. The monoisotopic (exact) mass is 692 g/mol. The van der Waals surface area contributed by atoms with Crippen LogP contribution in [0.3, 0.4) is 0 Å². The first-order valence-corrected chi connectivity index (χ1v) is 15.0. The number of amides is 4.